The Morgan fingerprint density at radius 1 is 1.32 bits per heavy atom. The number of nitrogens with one attached hydrogen (secondary N) is 1. The topological polar surface area (TPSA) is 41.6 Å². The van der Waals surface area contributed by atoms with Crippen molar-refractivity contribution >= 4 is 23.3 Å². The van der Waals surface area contributed by atoms with Gasteiger partial charge in [-0.25, -0.2) is 9.18 Å². The Morgan fingerprint density at radius 2 is 2.05 bits per heavy atom. The lowest BCUT2D eigenvalue weighted by Crippen LogP contribution is -2.30. The van der Waals surface area contributed by atoms with Crippen LogP contribution in [0.1, 0.15) is 5.56 Å². The third-order valence-electron chi connectivity index (χ3n) is 3.10. The van der Waals surface area contributed by atoms with E-state index in [2.05, 4.69) is 5.32 Å². The van der Waals surface area contributed by atoms with Crippen LogP contribution in [0.3, 0.4) is 0 Å². The number of para-hydroxylation sites is 1. The number of rotatable bonds is 4. The van der Waals surface area contributed by atoms with Gasteiger partial charge in [-0.2, -0.15) is 0 Å². The van der Waals surface area contributed by atoms with Crippen molar-refractivity contribution in [3.63, 3.8) is 0 Å². The van der Waals surface area contributed by atoms with E-state index < -0.39 is 5.82 Å². The number of halogens is 2. The van der Waals surface area contributed by atoms with E-state index in [4.69, 9.17) is 16.3 Å². The van der Waals surface area contributed by atoms with Crippen molar-refractivity contribution in [3.8, 4) is 5.75 Å². The number of anilines is 1. The Balaban J connectivity index is 2.02. The van der Waals surface area contributed by atoms with Crippen molar-refractivity contribution in [3.05, 3.63) is 58.9 Å². The van der Waals surface area contributed by atoms with Gasteiger partial charge in [0, 0.05) is 13.6 Å². The average molecular weight is 323 g/mol. The van der Waals surface area contributed by atoms with Crippen LogP contribution in [0.25, 0.3) is 0 Å². The van der Waals surface area contributed by atoms with E-state index >= 15 is 0 Å². The second-order valence-corrected chi connectivity index (χ2v) is 5.14. The van der Waals surface area contributed by atoms with Gasteiger partial charge in [-0.3, -0.25) is 0 Å². The summed E-state index contributed by atoms with van der Waals surface area (Å²) in [5.41, 5.74) is 1.19. The standard InChI is InChI=1S/C16H16ClFN2O2/c1-20(10-11-7-8-15(22-2)13(18)9-11)16(21)19-14-6-4-3-5-12(14)17/h3-9H,10H2,1-2H3,(H,19,21). The van der Waals surface area contributed by atoms with E-state index in [1.165, 1.54) is 24.1 Å². The second kappa shape index (κ2) is 7.13. The molecule has 0 unspecified atom stereocenters. The lowest BCUT2D eigenvalue weighted by molar-refractivity contribution is 0.220. The van der Waals surface area contributed by atoms with Crippen molar-refractivity contribution < 1.29 is 13.9 Å². The van der Waals surface area contributed by atoms with Crippen molar-refractivity contribution in [1.29, 1.82) is 0 Å². The maximum atomic E-state index is 13.6. The van der Waals surface area contributed by atoms with Crippen LogP contribution >= 0.6 is 11.6 Å². The highest BCUT2D eigenvalue weighted by molar-refractivity contribution is 6.33. The van der Waals surface area contributed by atoms with Gasteiger partial charge in [-0.05, 0) is 29.8 Å². The molecule has 0 bridgehead atoms. The number of methoxy groups -OCH3 is 1. The van der Waals surface area contributed by atoms with E-state index in [0.29, 0.717) is 16.3 Å². The van der Waals surface area contributed by atoms with Crippen molar-refractivity contribution in [2.75, 3.05) is 19.5 Å². The van der Waals surface area contributed by atoms with Gasteiger partial charge in [0.15, 0.2) is 11.6 Å². The molecule has 0 aliphatic rings. The van der Waals surface area contributed by atoms with Crippen LogP contribution in [-0.2, 0) is 6.54 Å². The Kier molecular flexibility index (Phi) is 5.22. The molecule has 2 aromatic rings. The first-order chi connectivity index (χ1) is 10.5. The van der Waals surface area contributed by atoms with Crippen molar-refractivity contribution in [1.82, 2.24) is 4.90 Å². The fourth-order valence-electron chi connectivity index (χ4n) is 1.93. The molecule has 0 spiro atoms. The molecule has 0 aliphatic heterocycles. The summed E-state index contributed by atoms with van der Waals surface area (Å²) in [4.78, 5) is 13.5. The molecule has 0 radical (unpaired) electrons. The molecule has 0 fully saturated rings. The first-order valence-electron chi connectivity index (χ1n) is 6.60. The van der Waals surface area contributed by atoms with Gasteiger partial charge in [0.1, 0.15) is 0 Å². The quantitative estimate of drug-likeness (QED) is 0.918. The Hall–Kier alpha value is -2.27. The molecule has 2 amide bonds. The molecule has 0 atom stereocenters. The number of carbonyl (C=O) groups is 1. The van der Waals surface area contributed by atoms with E-state index in [-0.39, 0.29) is 18.3 Å². The van der Waals surface area contributed by atoms with Gasteiger partial charge in [0.05, 0.1) is 17.8 Å². The molecule has 0 aliphatic carbocycles. The minimum Gasteiger partial charge on any atom is -0.494 e. The maximum absolute atomic E-state index is 13.6. The first kappa shape index (κ1) is 16.1. The lowest BCUT2D eigenvalue weighted by Gasteiger charge is -2.19. The molecule has 4 nitrogen and oxygen atoms in total. The second-order valence-electron chi connectivity index (χ2n) is 4.73. The normalized spacial score (nSPS) is 10.2. The third-order valence-corrected chi connectivity index (χ3v) is 3.43. The zero-order chi connectivity index (χ0) is 16.1. The third kappa shape index (κ3) is 3.89. The van der Waals surface area contributed by atoms with E-state index in [9.17, 15) is 9.18 Å². The average Bonchev–Trinajstić information content (AvgIpc) is 2.49. The van der Waals surface area contributed by atoms with Crippen molar-refractivity contribution in [2.45, 2.75) is 6.54 Å². The van der Waals surface area contributed by atoms with Gasteiger partial charge >= 0.3 is 6.03 Å². The van der Waals surface area contributed by atoms with Crippen molar-refractivity contribution in [2.24, 2.45) is 0 Å². The number of hydrogen-bond donors (Lipinski definition) is 1. The fraction of sp³-hybridized carbons (Fsp3) is 0.188. The van der Waals surface area contributed by atoms with Gasteiger partial charge in [0.25, 0.3) is 0 Å². The minimum atomic E-state index is -0.458. The fourth-order valence-corrected chi connectivity index (χ4v) is 2.11. The number of hydrogen-bond acceptors (Lipinski definition) is 2. The molecule has 0 saturated heterocycles. The Bertz CT molecular complexity index is 679. The van der Waals surface area contributed by atoms with Crippen LogP contribution in [0.4, 0.5) is 14.9 Å². The summed E-state index contributed by atoms with van der Waals surface area (Å²) in [5.74, 6) is -0.285. The zero-order valence-corrected chi connectivity index (χ0v) is 13.0. The molecule has 0 heterocycles. The number of amides is 2. The number of ether oxygens (including phenoxy) is 1. The monoisotopic (exact) mass is 322 g/mol. The number of benzene rings is 2. The van der Waals surface area contributed by atoms with Crippen LogP contribution in [0, 0.1) is 5.82 Å². The molecule has 6 heteroatoms. The molecular formula is C16H16ClFN2O2. The van der Waals surface area contributed by atoms with Crippen LogP contribution in [0.2, 0.25) is 5.02 Å². The summed E-state index contributed by atoms with van der Waals surface area (Å²) < 4.78 is 18.5. The van der Waals surface area contributed by atoms with Gasteiger partial charge in [0.2, 0.25) is 0 Å². The Morgan fingerprint density at radius 3 is 2.68 bits per heavy atom. The zero-order valence-electron chi connectivity index (χ0n) is 12.3. The molecule has 0 saturated carbocycles. The van der Waals surface area contributed by atoms with Gasteiger partial charge in [-0.15, -0.1) is 0 Å². The summed E-state index contributed by atoms with van der Waals surface area (Å²) in [5, 5.41) is 3.16. The van der Waals surface area contributed by atoms with Crippen LogP contribution in [0.15, 0.2) is 42.5 Å². The van der Waals surface area contributed by atoms with Gasteiger partial charge < -0.3 is 15.0 Å². The molecule has 2 rings (SSSR count). The number of urea groups is 1. The molecule has 1 N–H and O–H groups in total. The summed E-state index contributed by atoms with van der Waals surface area (Å²) in [6.45, 7) is 0.261. The largest absolute Gasteiger partial charge is 0.494 e. The first-order valence-corrected chi connectivity index (χ1v) is 6.98. The number of nitrogens with zero attached hydrogens (tertiary/aromatic N) is 1. The molecule has 2 aromatic carbocycles. The molecule has 22 heavy (non-hydrogen) atoms. The predicted octanol–water partition coefficient (Wildman–Crippen LogP) is 4.15. The smallest absolute Gasteiger partial charge is 0.321 e. The lowest BCUT2D eigenvalue weighted by atomic mass is 10.2. The summed E-state index contributed by atoms with van der Waals surface area (Å²) in [7, 11) is 3.02. The van der Waals surface area contributed by atoms with Crippen LogP contribution < -0.4 is 10.1 Å². The molecular weight excluding hydrogens is 307 g/mol. The summed E-state index contributed by atoms with van der Waals surface area (Å²) >= 11 is 5.99. The van der Waals surface area contributed by atoms with E-state index in [1.807, 2.05) is 0 Å². The maximum Gasteiger partial charge on any atom is 0.321 e. The molecule has 0 aromatic heterocycles. The minimum absolute atomic E-state index is 0.173. The van der Waals surface area contributed by atoms with E-state index in [1.54, 1.807) is 37.4 Å². The Labute approximate surface area is 133 Å². The summed E-state index contributed by atoms with van der Waals surface area (Å²) in [6, 6.07) is 11.2. The highest BCUT2D eigenvalue weighted by Crippen LogP contribution is 2.21. The van der Waals surface area contributed by atoms with Crippen LogP contribution in [-0.4, -0.2) is 25.1 Å². The summed E-state index contributed by atoms with van der Waals surface area (Å²) in [6.07, 6.45) is 0. The highest BCUT2D eigenvalue weighted by Gasteiger charge is 2.12. The van der Waals surface area contributed by atoms with Gasteiger partial charge in [-0.1, -0.05) is 29.8 Å². The predicted molar refractivity (Wildman–Crippen MR) is 84.9 cm³/mol. The molecule has 116 valence electrons. The van der Waals surface area contributed by atoms with E-state index in [0.717, 1.165) is 0 Å². The van der Waals surface area contributed by atoms with Crippen LogP contribution in [0.5, 0.6) is 5.75 Å². The number of carbonyl (C=O) groups excluding carboxylic acids is 1. The SMILES string of the molecule is COc1ccc(CN(C)C(=O)Nc2ccccc2Cl)cc1F. The highest BCUT2D eigenvalue weighted by atomic mass is 35.5.